The highest BCUT2D eigenvalue weighted by atomic mass is 35.5. The van der Waals surface area contributed by atoms with Crippen LogP contribution in [0.25, 0.3) is 10.6 Å². The van der Waals surface area contributed by atoms with Gasteiger partial charge < -0.3 is 0 Å². The van der Waals surface area contributed by atoms with Crippen LogP contribution in [0.2, 0.25) is 5.02 Å². The van der Waals surface area contributed by atoms with Gasteiger partial charge in [0.05, 0.1) is 10.6 Å². The number of nitrogens with zero attached hydrogens (tertiary/aromatic N) is 3. The lowest BCUT2D eigenvalue weighted by molar-refractivity contribution is -0.114. The average molecular weight is 527 g/mol. The van der Waals surface area contributed by atoms with Gasteiger partial charge in [-0.3, -0.25) is 14.4 Å². The SMILES string of the molecule is Cc1ccc(-c2nnc(NC(=O)CN(c3cccc(Cl)c3C)S(=O)(=O)c3ccc(C)cc3)s2)cc1. The van der Waals surface area contributed by atoms with Gasteiger partial charge in [-0.1, -0.05) is 76.5 Å². The first-order valence-electron chi connectivity index (χ1n) is 10.7. The number of benzene rings is 3. The van der Waals surface area contributed by atoms with Crippen LogP contribution in [0.1, 0.15) is 16.7 Å². The van der Waals surface area contributed by atoms with Crippen molar-refractivity contribution in [2.75, 3.05) is 16.2 Å². The molecule has 1 heterocycles. The molecule has 180 valence electrons. The Morgan fingerprint density at radius 3 is 2.23 bits per heavy atom. The molecule has 0 aliphatic heterocycles. The minimum Gasteiger partial charge on any atom is -0.299 e. The molecule has 0 radical (unpaired) electrons. The van der Waals surface area contributed by atoms with E-state index < -0.39 is 22.5 Å². The quantitative estimate of drug-likeness (QED) is 0.337. The van der Waals surface area contributed by atoms with E-state index in [4.69, 9.17) is 11.6 Å². The molecule has 4 aromatic rings. The molecule has 35 heavy (non-hydrogen) atoms. The summed E-state index contributed by atoms with van der Waals surface area (Å²) >= 11 is 7.48. The number of nitrogens with one attached hydrogen (secondary N) is 1. The second-order valence-electron chi connectivity index (χ2n) is 8.04. The Hall–Kier alpha value is -3.27. The van der Waals surface area contributed by atoms with Crippen LogP contribution in [0.15, 0.2) is 71.6 Å². The van der Waals surface area contributed by atoms with Crippen molar-refractivity contribution in [3.8, 4) is 10.6 Å². The highest BCUT2D eigenvalue weighted by Gasteiger charge is 2.29. The topological polar surface area (TPSA) is 92.3 Å². The standard InChI is InChI=1S/C25H23ClN4O3S2/c1-16-7-11-19(12-8-16)24-28-29-25(34-24)27-23(31)15-30(22-6-4-5-21(26)18(22)3)35(32,33)20-13-9-17(2)10-14-20/h4-14H,15H2,1-3H3,(H,27,29,31). The summed E-state index contributed by atoms with van der Waals surface area (Å²) in [6.45, 7) is 5.12. The molecule has 1 aromatic heterocycles. The molecule has 3 aromatic carbocycles. The zero-order chi connectivity index (χ0) is 25.2. The van der Waals surface area contributed by atoms with Gasteiger partial charge in [0, 0.05) is 10.6 Å². The van der Waals surface area contributed by atoms with Crippen molar-refractivity contribution in [2.24, 2.45) is 0 Å². The zero-order valence-corrected chi connectivity index (χ0v) is 21.7. The number of carbonyl (C=O) groups is 1. The van der Waals surface area contributed by atoms with E-state index in [1.54, 1.807) is 37.3 Å². The molecule has 0 saturated heterocycles. The van der Waals surface area contributed by atoms with Crippen LogP contribution >= 0.6 is 22.9 Å². The first-order valence-corrected chi connectivity index (χ1v) is 13.3. The van der Waals surface area contributed by atoms with Crippen LogP contribution in [0, 0.1) is 20.8 Å². The summed E-state index contributed by atoms with van der Waals surface area (Å²) < 4.78 is 28.2. The average Bonchev–Trinajstić information content (AvgIpc) is 3.28. The van der Waals surface area contributed by atoms with Gasteiger partial charge in [-0.05, 0) is 50.6 Å². The summed E-state index contributed by atoms with van der Waals surface area (Å²) in [6, 6.07) is 19.2. The minimum absolute atomic E-state index is 0.0767. The van der Waals surface area contributed by atoms with E-state index in [0.717, 1.165) is 21.0 Å². The van der Waals surface area contributed by atoms with Gasteiger partial charge in [-0.25, -0.2) is 8.42 Å². The number of sulfonamides is 1. The summed E-state index contributed by atoms with van der Waals surface area (Å²) in [4.78, 5) is 13.1. The highest BCUT2D eigenvalue weighted by molar-refractivity contribution is 7.92. The Bertz CT molecular complexity index is 1470. The molecule has 0 unspecified atom stereocenters. The number of aryl methyl sites for hydroxylation is 2. The summed E-state index contributed by atoms with van der Waals surface area (Å²) in [5.41, 5.74) is 3.80. The molecular formula is C25H23ClN4O3S2. The predicted molar refractivity (Wildman–Crippen MR) is 141 cm³/mol. The number of anilines is 2. The number of halogens is 1. The molecule has 0 saturated carbocycles. The molecule has 1 amide bonds. The summed E-state index contributed by atoms with van der Waals surface area (Å²) in [7, 11) is -4.06. The van der Waals surface area contributed by atoms with E-state index in [1.165, 1.54) is 23.5 Å². The molecule has 0 bridgehead atoms. The van der Waals surface area contributed by atoms with Gasteiger partial charge in [0.1, 0.15) is 11.6 Å². The number of hydrogen-bond acceptors (Lipinski definition) is 6. The number of rotatable bonds is 7. The van der Waals surface area contributed by atoms with Gasteiger partial charge in [0.15, 0.2) is 0 Å². The van der Waals surface area contributed by atoms with Crippen LogP contribution in [0.5, 0.6) is 0 Å². The molecule has 10 heteroatoms. The Kier molecular flexibility index (Phi) is 7.20. The first kappa shape index (κ1) is 24.8. The first-order chi connectivity index (χ1) is 16.6. The molecule has 0 spiro atoms. The van der Waals surface area contributed by atoms with Crippen LogP contribution in [-0.4, -0.2) is 31.1 Å². The van der Waals surface area contributed by atoms with Crippen molar-refractivity contribution in [3.63, 3.8) is 0 Å². The van der Waals surface area contributed by atoms with Crippen molar-refractivity contribution in [2.45, 2.75) is 25.7 Å². The normalized spacial score (nSPS) is 11.3. The van der Waals surface area contributed by atoms with E-state index >= 15 is 0 Å². The molecule has 0 aliphatic rings. The van der Waals surface area contributed by atoms with Crippen molar-refractivity contribution >= 4 is 49.7 Å². The maximum absolute atomic E-state index is 13.6. The van der Waals surface area contributed by atoms with Gasteiger partial charge in [-0.15, -0.1) is 10.2 Å². The Morgan fingerprint density at radius 2 is 1.57 bits per heavy atom. The number of amides is 1. The van der Waals surface area contributed by atoms with E-state index in [0.29, 0.717) is 21.3 Å². The highest BCUT2D eigenvalue weighted by Crippen LogP contribution is 2.31. The maximum Gasteiger partial charge on any atom is 0.264 e. The van der Waals surface area contributed by atoms with Crippen molar-refractivity contribution in [1.82, 2.24) is 10.2 Å². The molecule has 7 nitrogen and oxygen atoms in total. The number of hydrogen-bond donors (Lipinski definition) is 1. The van der Waals surface area contributed by atoms with Gasteiger partial charge >= 0.3 is 0 Å². The number of aromatic nitrogens is 2. The lowest BCUT2D eigenvalue weighted by Crippen LogP contribution is -2.38. The van der Waals surface area contributed by atoms with E-state index in [-0.39, 0.29) is 10.0 Å². The smallest absolute Gasteiger partial charge is 0.264 e. The van der Waals surface area contributed by atoms with E-state index in [9.17, 15) is 13.2 Å². The van der Waals surface area contributed by atoms with Crippen LogP contribution in [0.4, 0.5) is 10.8 Å². The van der Waals surface area contributed by atoms with E-state index in [2.05, 4.69) is 15.5 Å². The molecule has 0 atom stereocenters. The Balaban J connectivity index is 1.62. The lowest BCUT2D eigenvalue weighted by Gasteiger charge is -2.25. The monoisotopic (exact) mass is 526 g/mol. The molecule has 0 aliphatic carbocycles. The molecule has 1 N–H and O–H groups in total. The molecular weight excluding hydrogens is 504 g/mol. The fourth-order valence-corrected chi connectivity index (χ4v) is 5.79. The van der Waals surface area contributed by atoms with E-state index in [1.807, 2.05) is 38.1 Å². The van der Waals surface area contributed by atoms with Crippen molar-refractivity contribution in [3.05, 3.63) is 88.4 Å². The second-order valence-corrected chi connectivity index (χ2v) is 11.3. The predicted octanol–water partition coefficient (Wildman–Crippen LogP) is 5.62. The molecule has 4 rings (SSSR count). The zero-order valence-electron chi connectivity index (χ0n) is 19.3. The fraction of sp³-hybridized carbons (Fsp3) is 0.160. The fourth-order valence-electron chi connectivity index (χ4n) is 3.38. The minimum atomic E-state index is -4.06. The van der Waals surface area contributed by atoms with Crippen LogP contribution in [-0.2, 0) is 14.8 Å². The molecule has 0 fully saturated rings. The summed E-state index contributed by atoms with van der Waals surface area (Å²) in [5, 5.41) is 12.2. The number of carbonyl (C=O) groups excluding carboxylic acids is 1. The van der Waals surface area contributed by atoms with Gasteiger partial charge in [0.25, 0.3) is 10.0 Å². The Labute approximate surface area is 213 Å². The van der Waals surface area contributed by atoms with Gasteiger partial charge in [0.2, 0.25) is 11.0 Å². The van der Waals surface area contributed by atoms with Crippen molar-refractivity contribution < 1.29 is 13.2 Å². The van der Waals surface area contributed by atoms with Crippen molar-refractivity contribution in [1.29, 1.82) is 0 Å². The Morgan fingerprint density at radius 1 is 0.943 bits per heavy atom. The second kappa shape index (κ2) is 10.2. The van der Waals surface area contributed by atoms with Crippen LogP contribution < -0.4 is 9.62 Å². The largest absolute Gasteiger partial charge is 0.299 e. The third-order valence-corrected chi connectivity index (χ3v) is 8.45. The third kappa shape index (κ3) is 5.53. The summed E-state index contributed by atoms with van der Waals surface area (Å²) in [6.07, 6.45) is 0. The van der Waals surface area contributed by atoms with Crippen LogP contribution in [0.3, 0.4) is 0 Å². The third-order valence-electron chi connectivity index (χ3n) is 5.37. The summed E-state index contributed by atoms with van der Waals surface area (Å²) in [5.74, 6) is -0.549. The lowest BCUT2D eigenvalue weighted by atomic mass is 10.2. The maximum atomic E-state index is 13.6. The van der Waals surface area contributed by atoms with Gasteiger partial charge in [-0.2, -0.15) is 0 Å².